The number of hydrogen-bond acceptors (Lipinski definition) is 5. The molecule has 0 radical (unpaired) electrons. The normalized spacial score (nSPS) is 10.5. The van der Waals surface area contributed by atoms with E-state index < -0.39 is 5.97 Å². The summed E-state index contributed by atoms with van der Waals surface area (Å²) in [6.07, 6.45) is 3.02. The highest BCUT2D eigenvalue weighted by Gasteiger charge is 2.05. The zero-order chi connectivity index (χ0) is 15.2. The third kappa shape index (κ3) is 4.42. The lowest BCUT2D eigenvalue weighted by Crippen LogP contribution is -2.10. The molecule has 0 atom stereocenters. The van der Waals surface area contributed by atoms with Gasteiger partial charge in [0.1, 0.15) is 0 Å². The molecule has 0 amide bonds. The minimum Gasteiger partial charge on any atom is -0.478 e. The molecular formula is C14H15N3O3S. The highest BCUT2D eigenvalue weighted by Crippen LogP contribution is 2.17. The van der Waals surface area contributed by atoms with Crippen molar-refractivity contribution in [2.24, 2.45) is 0 Å². The number of carboxylic acids is 1. The summed E-state index contributed by atoms with van der Waals surface area (Å²) in [6, 6.07) is 4.67. The maximum atomic E-state index is 11.5. The zero-order valence-corrected chi connectivity index (χ0v) is 12.3. The number of carbonyl (C=O) groups is 1. The maximum absolute atomic E-state index is 11.5. The number of rotatable bonds is 6. The molecule has 6 nitrogen and oxygen atoms in total. The van der Waals surface area contributed by atoms with Gasteiger partial charge in [-0.1, -0.05) is 25.1 Å². The van der Waals surface area contributed by atoms with Crippen molar-refractivity contribution in [2.75, 3.05) is 0 Å². The molecule has 0 saturated heterocycles. The van der Waals surface area contributed by atoms with E-state index in [0.29, 0.717) is 10.9 Å². The number of aromatic nitrogens is 3. The second kappa shape index (κ2) is 7.03. The van der Waals surface area contributed by atoms with Gasteiger partial charge in [0.2, 0.25) is 0 Å². The zero-order valence-electron chi connectivity index (χ0n) is 11.5. The Morgan fingerprint density at radius 1 is 1.38 bits per heavy atom. The monoisotopic (exact) mass is 305 g/mol. The first kappa shape index (κ1) is 15.2. The quantitative estimate of drug-likeness (QED) is 0.627. The molecule has 2 aromatic heterocycles. The van der Waals surface area contributed by atoms with Gasteiger partial charge in [0, 0.05) is 23.7 Å². The Morgan fingerprint density at radius 2 is 2.19 bits per heavy atom. The van der Waals surface area contributed by atoms with Gasteiger partial charge in [0.15, 0.2) is 5.16 Å². The Kier molecular flexibility index (Phi) is 5.10. The Morgan fingerprint density at radius 3 is 2.81 bits per heavy atom. The maximum Gasteiger partial charge on any atom is 0.337 e. The number of H-pyrrole nitrogens is 1. The van der Waals surface area contributed by atoms with Crippen molar-refractivity contribution >= 4 is 17.7 Å². The molecular weight excluding hydrogens is 290 g/mol. The second-order valence-corrected chi connectivity index (χ2v) is 5.39. The molecule has 2 aromatic rings. The fraction of sp³-hybridized carbons (Fsp3) is 0.286. The van der Waals surface area contributed by atoms with Crippen LogP contribution >= 0.6 is 11.8 Å². The van der Waals surface area contributed by atoms with E-state index in [2.05, 4.69) is 15.0 Å². The minimum atomic E-state index is -1.00. The first-order valence-corrected chi connectivity index (χ1v) is 7.48. The van der Waals surface area contributed by atoms with Crippen LogP contribution in [0.1, 0.15) is 35.1 Å². The number of thioether (sulfide) groups is 1. The summed E-state index contributed by atoms with van der Waals surface area (Å²) in [4.78, 5) is 33.4. The van der Waals surface area contributed by atoms with Crippen molar-refractivity contribution in [1.29, 1.82) is 0 Å². The third-order valence-electron chi connectivity index (χ3n) is 2.71. The first-order chi connectivity index (χ1) is 10.1. The average Bonchev–Trinajstić information content (AvgIpc) is 2.45. The van der Waals surface area contributed by atoms with Crippen LogP contribution in [-0.2, 0) is 12.2 Å². The van der Waals surface area contributed by atoms with Crippen LogP contribution in [0.2, 0.25) is 0 Å². The molecule has 110 valence electrons. The molecule has 0 bridgehead atoms. The smallest absolute Gasteiger partial charge is 0.337 e. The van der Waals surface area contributed by atoms with E-state index >= 15 is 0 Å². The fourth-order valence-electron chi connectivity index (χ4n) is 1.71. The van der Waals surface area contributed by atoms with Gasteiger partial charge in [0.05, 0.1) is 11.3 Å². The lowest BCUT2D eigenvalue weighted by molar-refractivity contribution is 0.0696. The Balaban J connectivity index is 2.05. The summed E-state index contributed by atoms with van der Waals surface area (Å²) in [7, 11) is 0. The van der Waals surface area contributed by atoms with Crippen molar-refractivity contribution in [1.82, 2.24) is 15.0 Å². The van der Waals surface area contributed by atoms with Crippen molar-refractivity contribution in [3.8, 4) is 0 Å². The third-order valence-corrected chi connectivity index (χ3v) is 3.61. The van der Waals surface area contributed by atoms with Gasteiger partial charge in [-0.2, -0.15) is 0 Å². The molecule has 21 heavy (non-hydrogen) atoms. The van der Waals surface area contributed by atoms with E-state index in [-0.39, 0.29) is 11.1 Å². The number of aromatic carboxylic acids is 1. The highest BCUT2D eigenvalue weighted by molar-refractivity contribution is 7.98. The summed E-state index contributed by atoms with van der Waals surface area (Å²) < 4.78 is 0. The highest BCUT2D eigenvalue weighted by atomic mass is 32.2. The summed E-state index contributed by atoms with van der Waals surface area (Å²) in [6.45, 7) is 2.03. The van der Waals surface area contributed by atoms with Crippen LogP contribution in [0.25, 0.3) is 0 Å². The van der Waals surface area contributed by atoms with Crippen molar-refractivity contribution < 1.29 is 9.90 Å². The molecule has 2 rings (SSSR count). The lowest BCUT2D eigenvalue weighted by Gasteiger charge is -2.03. The lowest BCUT2D eigenvalue weighted by atomic mass is 10.2. The molecule has 7 heteroatoms. The van der Waals surface area contributed by atoms with Gasteiger partial charge in [-0.3, -0.25) is 9.78 Å². The number of aromatic amines is 1. The predicted molar refractivity (Wildman–Crippen MR) is 79.6 cm³/mol. The summed E-state index contributed by atoms with van der Waals surface area (Å²) >= 11 is 1.37. The molecule has 0 aliphatic carbocycles. The fourth-order valence-corrected chi connectivity index (χ4v) is 2.52. The predicted octanol–water partition coefficient (Wildman–Crippen LogP) is 2.11. The SMILES string of the molecule is CCCc1cc(=O)[nH]c(SCc2ccc(C(=O)O)cn2)n1. The van der Waals surface area contributed by atoms with Crippen LogP contribution in [0, 0.1) is 0 Å². The van der Waals surface area contributed by atoms with Crippen LogP contribution in [0.3, 0.4) is 0 Å². The molecule has 0 aliphatic heterocycles. The van der Waals surface area contributed by atoms with Crippen LogP contribution in [-0.4, -0.2) is 26.0 Å². The topological polar surface area (TPSA) is 95.9 Å². The number of carboxylic acid groups (broad SMARTS) is 1. The molecule has 0 aromatic carbocycles. The molecule has 0 unspecified atom stereocenters. The van der Waals surface area contributed by atoms with Crippen LogP contribution in [0.4, 0.5) is 0 Å². The first-order valence-electron chi connectivity index (χ1n) is 6.49. The molecule has 0 spiro atoms. The van der Waals surface area contributed by atoms with Gasteiger partial charge >= 0.3 is 5.97 Å². The van der Waals surface area contributed by atoms with E-state index in [1.807, 2.05) is 6.92 Å². The van der Waals surface area contributed by atoms with Crippen LogP contribution in [0.5, 0.6) is 0 Å². The molecule has 0 fully saturated rings. The van der Waals surface area contributed by atoms with Crippen molar-refractivity contribution in [3.05, 3.63) is 51.7 Å². The molecule has 2 N–H and O–H groups in total. The van der Waals surface area contributed by atoms with Crippen molar-refractivity contribution in [2.45, 2.75) is 30.7 Å². The Hall–Kier alpha value is -2.15. The van der Waals surface area contributed by atoms with E-state index in [9.17, 15) is 9.59 Å². The average molecular weight is 305 g/mol. The summed E-state index contributed by atoms with van der Waals surface area (Å²) in [5.74, 6) is -0.488. The minimum absolute atomic E-state index is 0.153. The molecule has 2 heterocycles. The van der Waals surface area contributed by atoms with E-state index in [0.717, 1.165) is 24.2 Å². The Labute approximate surface area is 125 Å². The molecule has 0 aliphatic rings. The molecule has 0 saturated carbocycles. The number of pyridine rings is 1. The van der Waals surface area contributed by atoms with Crippen molar-refractivity contribution in [3.63, 3.8) is 0 Å². The summed E-state index contributed by atoms with van der Waals surface area (Å²) in [5.41, 5.74) is 1.50. The van der Waals surface area contributed by atoms with E-state index in [1.54, 1.807) is 6.07 Å². The van der Waals surface area contributed by atoms with Gasteiger partial charge in [-0.25, -0.2) is 9.78 Å². The number of hydrogen-bond donors (Lipinski definition) is 2. The van der Waals surface area contributed by atoms with Gasteiger partial charge in [-0.05, 0) is 18.6 Å². The van der Waals surface area contributed by atoms with Crippen LogP contribution < -0.4 is 5.56 Å². The standard InChI is InChI=1S/C14H15N3O3S/c1-2-3-10-6-12(18)17-14(16-10)21-8-11-5-4-9(7-15-11)13(19)20/h4-7H,2-3,8H2,1H3,(H,19,20)(H,16,17,18). The van der Waals surface area contributed by atoms with Gasteiger partial charge in [0.25, 0.3) is 5.56 Å². The van der Waals surface area contributed by atoms with E-state index in [1.165, 1.54) is 30.1 Å². The number of nitrogens with one attached hydrogen (secondary N) is 1. The number of aryl methyl sites for hydroxylation is 1. The Bertz CT molecular complexity index is 683. The summed E-state index contributed by atoms with van der Waals surface area (Å²) in [5, 5.41) is 9.35. The van der Waals surface area contributed by atoms with Gasteiger partial charge in [-0.15, -0.1) is 0 Å². The van der Waals surface area contributed by atoms with Crippen LogP contribution in [0.15, 0.2) is 34.3 Å². The van der Waals surface area contributed by atoms with Gasteiger partial charge < -0.3 is 10.1 Å². The van der Waals surface area contributed by atoms with E-state index in [4.69, 9.17) is 5.11 Å². The largest absolute Gasteiger partial charge is 0.478 e. The number of nitrogens with zero attached hydrogens (tertiary/aromatic N) is 2. The second-order valence-electron chi connectivity index (χ2n) is 4.42.